The summed E-state index contributed by atoms with van der Waals surface area (Å²) < 4.78 is 2.03. The molecule has 0 N–H and O–H groups in total. The topological polar surface area (TPSA) is 110 Å². The second kappa shape index (κ2) is 14.3. The highest BCUT2D eigenvalue weighted by Gasteiger charge is 2.24. The van der Waals surface area contributed by atoms with Gasteiger partial charge in [-0.25, -0.2) is 0 Å². The summed E-state index contributed by atoms with van der Waals surface area (Å²) in [6.07, 6.45) is 4.40. The van der Waals surface area contributed by atoms with Crippen molar-refractivity contribution in [1.82, 2.24) is 0 Å². The number of aryl methyl sites for hydroxylation is 2. The molecule has 2 aliphatic rings. The Morgan fingerprint density at radius 2 is 1.27 bits per heavy atom. The van der Waals surface area contributed by atoms with Gasteiger partial charge in [-0.1, -0.05) is 68.3 Å². The number of amides is 1. The lowest BCUT2D eigenvalue weighted by atomic mass is 9.98. The van der Waals surface area contributed by atoms with E-state index in [-0.39, 0.29) is 34.7 Å². The van der Waals surface area contributed by atoms with Crippen LogP contribution in [0.4, 0.5) is 22.7 Å². The number of benzene rings is 4. The molecule has 0 saturated carbocycles. The maximum Gasteiger partial charge on any atom is 0.269 e. The number of nitrogens with zero attached hydrogens (tertiary/aromatic N) is 4. The zero-order valence-corrected chi connectivity index (χ0v) is 27.9. The Hall–Kier alpha value is -4.09. The summed E-state index contributed by atoms with van der Waals surface area (Å²) in [6.45, 7) is 3.86. The number of rotatable bonds is 6. The summed E-state index contributed by atoms with van der Waals surface area (Å²) in [4.78, 5) is 37.5. The van der Waals surface area contributed by atoms with E-state index in [0.29, 0.717) is 6.54 Å². The summed E-state index contributed by atoms with van der Waals surface area (Å²) >= 11 is 7.00. The fourth-order valence-electron chi connectivity index (χ4n) is 5.85. The summed E-state index contributed by atoms with van der Waals surface area (Å²) in [5.74, 6) is 0.0119. The highest BCUT2D eigenvalue weighted by atomic mass is 79.9. The van der Waals surface area contributed by atoms with Crippen LogP contribution in [0.3, 0.4) is 0 Å². The molecule has 0 aromatic heterocycles. The molecule has 1 amide bonds. The van der Waals surface area contributed by atoms with Gasteiger partial charge in [0, 0.05) is 57.7 Å². The molecule has 0 radical (unpaired) electrons. The number of hydrogen-bond donors (Lipinski definition) is 0. The molecule has 0 fully saturated rings. The van der Waals surface area contributed by atoms with E-state index in [4.69, 9.17) is 0 Å². The van der Waals surface area contributed by atoms with Gasteiger partial charge in [-0.2, -0.15) is 0 Å². The fraction of sp³-hybridized carbons (Fsp3) is 0.265. The van der Waals surface area contributed by atoms with Gasteiger partial charge in [-0.15, -0.1) is 0 Å². The van der Waals surface area contributed by atoms with Crippen LogP contribution in [-0.4, -0.2) is 28.8 Å². The Bertz CT molecular complexity index is 1710. The summed E-state index contributed by atoms with van der Waals surface area (Å²) in [7, 11) is 0. The molecule has 1 atom stereocenters. The lowest BCUT2D eigenvalue weighted by Gasteiger charge is -2.36. The van der Waals surface area contributed by atoms with Crippen LogP contribution in [0.5, 0.6) is 0 Å². The van der Waals surface area contributed by atoms with Crippen LogP contribution in [0.15, 0.2) is 93.9 Å². The largest absolute Gasteiger partial charge is 0.365 e. The van der Waals surface area contributed by atoms with Gasteiger partial charge in [0.2, 0.25) is 5.91 Å². The Labute approximate surface area is 278 Å². The third kappa shape index (κ3) is 7.77. The van der Waals surface area contributed by atoms with Crippen molar-refractivity contribution in [3.63, 3.8) is 0 Å². The van der Waals surface area contributed by atoms with E-state index in [0.717, 1.165) is 58.0 Å². The Morgan fingerprint density at radius 3 is 1.84 bits per heavy atom. The zero-order valence-electron chi connectivity index (χ0n) is 24.7. The minimum Gasteiger partial charge on any atom is -0.365 e. The van der Waals surface area contributed by atoms with Gasteiger partial charge < -0.3 is 9.80 Å². The Morgan fingerprint density at radius 1 is 0.756 bits per heavy atom. The first-order valence-electron chi connectivity index (χ1n) is 14.7. The number of carbonyl (C=O) groups is 1. The maximum absolute atomic E-state index is 12.6. The van der Waals surface area contributed by atoms with E-state index in [1.807, 2.05) is 35.2 Å². The molecule has 4 aromatic rings. The van der Waals surface area contributed by atoms with Crippen molar-refractivity contribution in [1.29, 1.82) is 0 Å². The number of halogens is 2. The van der Waals surface area contributed by atoms with Crippen molar-refractivity contribution in [2.45, 2.75) is 45.1 Å². The van der Waals surface area contributed by atoms with Crippen molar-refractivity contribution in [3.8, 4) is 0 Å². The molecule has 0 aliphatic carbocycles. The molecule has 6 rings (SSSR count). The van der Waals surface area contributed by atoms with E-state index in [1.54, 1.807) is 24.3 Å². The molecule has 4 aromatic carbocycles. The molecule has 1 unspecified atom stereocenters. The van der Waals surface area contributed by atoms with Crippen LogP contribution in [0.25, 0.3) is 0 Å². The van der Waals surface area contributed by atoms with Crippen molar-refractivity contribution >= 4 is 60.5 Å². The minimum absolute atomic E-state index is 0.0119. The van der Waals surface area contributed by atoms with E-state index < -0.39 is 4.92 Å². The average molecular weight is 736 g/mol. The van der Waals surface area contributed by atoms with E-state index in [9.17, 15) is 25.0 Å². The van der Waals surface area contributed by atoms with Gasteiger partial charge in [-0.3, -0.25) is 25.0 Å². The first-order valence-corrected chi connectivity index (χ1v) is 16.3. The number of anilines is 2. The normalized spacial score (nSPS) is 14.4. The van der Waals surface area contributed by atoms with Crippen LogP contribution in [0.1, 0.15) is 48.1 Å². The van der Waals surface area contributed by atoms with Gasteiger partial charge in [0.15, 0.2) is 0 Å². The quantitative estimate of drug-likeness (QED) is 0.145. The van der Waals surface area contributed by atoms with Crippen LogP contribution in [0.2, 0.25) is 0 Å². The first kappa shape index (κ1) is 32.3. The SMILES string of the molecule is CC(c1ccc([N+](=O)[O-])cc1)N1CCCc2ccc(Br)cc21.O=C(Cc1ccc([N+](=O)[O-])cc1)N1CCCc2ccc(Br)cc21. The minimum atomic E-state index is -0.440. The molecule has 232 valence electrons. The Balaban J connectivity index is 0.000000178. The number of nitro groups is 2. The molecular formula is C34H32Br2N4O5. The van der Waals surface area contributed by atoms with Crippen molar-refractivity contribution < 1.29 is 14.6 Å². The van der Waals surface area contributed by atoms with Gasteiger partial charge in [0.1, 0.15) is 0 Å². The monoisotopic (exact) mass is 734 g/mol. The van der Waals surface area contributed by atoms with Gasteiger partial charge >= 0.3 is 0 Å². The first-order chi connectivity index (χ1) is 21.6. The van der Waals surface area contributed by atoms with Gasteiger partial charge in [0.25, 0.3) is 11.4 Å². The fourth-order valence-corrected chi connectivity index (χ4v) is 6.54. The van der Waals surface area contributed by atoms with Crippen molar-refractivity contribution in [3.05, 3.63) is 136 Å². The smallest absolute Gasteiger partial charge is 0.269 e. The van der Waals surface area contributed by atoms with Crippen LogP contribution < -0.4 is 9.80 Å². The number of fused-ring (bicyclic) bond motifs is 2. The third-order valence-corrected chi connectivity index (χ3v) is 9.21. The molecule has 2 aliphatic heterocycles. The van der Waals surface area contributed by atoms with Crippen molar-refractivity contribution in [2.24, 2.45) is 0 Å². The van der Waals surface area contributed by atoms with E-state index in [2.05, 4.69) is 61.9 Å². The molecule has 9 nitrogen and oxygen atoms in total. The number of nitro benzene ring substituents is 2. The Kier molecular flexibility index (Phi) is 10.3. The summed E-state index contributed by atoms with van der Waals surface area (Å²) in [5, 5.41) is 21.5. The third-order valence-electron chi connectivity index (χ3n) is 8.23. The molecule has 0 bridgehead atoms. The zero-order chi connectivity index (χ0) is 32.1. The molecule has 0 saturated heterocycles. The van der Waals surface area contributed by atoms with E-state index in [1.165, 1.54) is 28.9 Å². The van der Waals surface area contributed by atoms with Gasteiger partial charge in [-0.05, 0) is 79.1 Å². The number of hydrogen-bond acceptors (Lipinski definition) is 6. The second-order valence-corrected chi connectivity index (χ2v) is 12.9. The predicted molar refractivity (Wildman–Crippen MR) is 183 cm³/mol. The molecule has 45 heavy (non-hydrogen) atoms. The summed E-state index contributed by atoms with van der Waals surface area (Å²) in [6, 6.07) is 25.6. The van der Waals surface area contributed by atoms with Crippen LogP contribution >= 0.6 is 31.9 Å². The lowest BCUT2D eigenvalue weighted by molar-refractivity contribution is -0.385. The van der Waals surface area contributed by atoms with Crippen LogP contribution in [-0.2, 0) is 24.1 Å². The average Bonchev–Trinajstić information content (AvgIpc) is 3.04. The molecular weight excluding hydrogens is 704 g/mol. The number of carbonyl (C=O) groups excluding carboxylic acids is 1. The van der Waals surface area contributed by atoms with Gasteiger partial charge in [0.05, 0.1) is 22.3 Å². The standard InChI is InChI=1S/C17H15BrN2O3.C17H17BrN2O2/c18-14-6-5-13-2-1-9-19(16(13)11-14)17(21)10-12-3-7-15(8-4-12)20(22)23;1-12(13-5-8-16(9-6-13)20(21)22)19-10-2-3-14-4-7-15(18)11-17(14)19/h3-8,11H,1-2,9-10H2;4-9,11-12H,2-3,10H2,1H3. The maximum atomic E-state index is 12.6. The lowest BCUT2D eigenvalue weighted by Crippen LogP contribution is -2.36. The highest BCUT2D eigenvalue weighted by Crippen LogP contribution is 2.36. The highest BCUT2D eigenvalue weighted by molar-refractivity contribution is 9.10. The second-order valence-electron chi connectivity index (χ2n) is 11.1. The predicted octanol–water partition coefficient (Wildman–Crippen LogP) is 8.75. The van der Waals surface area contributed by atoms with Crippen LogP contribution in [0, 0.1) is 20.2 Å². The molecule has 2 heterocycles. The van der Waals surface area contributed by atoms with E-state index >= 15 is 0 Å². The molecule has 11 heteroatoms. The number of non-ortho nitro benzene ring substituents is 2. The molecule has 0 spiro atoms. The van der Waals surface area contributed by atoms with Crippen molar-refractivity contribution in [2.75, 3.05) is 22.9 Å². The summed E-state index contributed by atoms with van der Waals surface area (Å²) in [5.41, 5.74) is 6.80.